The van der Waals surface area contributed by atoms with Crippen molar-refractivity contribution in [1.82, 2.24) is 0 Å². The largest absolute Gasteiger partial charge is 0.489 e. The van der Waals surface area contributed by atoms with Crippen LogP contribution in [-0.4, -0.2) is 19.3 Å². The van der Waals surface area contributed by atoms with Crippen LogP contribution in [0.3, 0.4) is 0 Å². The fraction of sp³-hybridized carbons (Fsp3) is 0.500. The number of nitrogen functional groups attached to an aromatic ring is 1. The van der Waals surface area contributed by atoms with Gasteiger partial charge in [-0.2, -0.15) is 0 Å². The lowest BCUT2D eigenvalue weighted by molar-refractivity contribution is -0.0109. The standard InChI is InChI=1S/C12H17NO2/c13-11-6-1-2-7-12(11)15-9-10-5-3-4-8-14-10/h1-2,6-7,10H,3-5,8-9,13H2. The molecule has 1 heterocycles. The Morgan fingerprint density at radius 3 is 2.93 bits per heavy atom. The third-order valence-electron chi connectivity index (χ3n) is 2.62. The summed E-state index contributed by atoms with van der Waals surface area (Å²) >= 11 is 0. The van der Waals surface area contributed by atoms with Gasteiger partial charge < -0.3 is 15.2 Å². The van der Waals surface area contributed by atoms with E-state index in [-0.39, 0.29) is 6.10 Å². The number of nitrogens with two attached hydrogens (primary N) is 1. The Bertz CT molecular complexity index is 308. The molecule has 1 aromatic rings. The fourth-order valence-corrected chi connectivity index (χ4v) is 1.73. The zero-order valence-electron chi connectivity index (χ0n) is 8.82. The van der Waals surface area contributed by atoms with Gasteiger partial charge in [0, 0.05) is 6.61 Å². The highest BCUT2D eigenvalue weighted by Crippen LogP contribution is 2.21. The highest BCUT2D eigenvalue weighted by Gasteiger charge is 2.14. The normalized spacial score (nSPS) is 21.2. The van der Waals surface area contributed by atoms with E-state index in [2.05, 4.69) is 0 Å². The van der Waals surface area contributed by atoms with Gasteiger partial charge in [0.2, 0.25) is 0 Å². The minimum absolute atomic E-state index is 0.235. The fourth-order valence-electron chi connectivity index (χ4n) is 1.73. The molecule has 82 valence electrons. The van der Waals surface area contributed by atoms with E-state index < -0.39 is 0 Å². The smallest absolute Gasteiger partial charge is 0.142 e. The molecule has 1 fully saturated rings. The van der Waals surface area contributed by atoms with Gasteiger partial charge in [-0.3, -0.25) is 0 Å². The predicted molar refractivity (Wildman–Crippen MR) is 59.9 cm³/mol. The minimum Gasteiger partial charge on any atom is -0.489 e. The van der Waals surface area contributed by atoms with Crippen molar-refractivity contribution in [3.05, 3.63) is 24.3 Å². The molecule has 1 saturated heterocycles. The van der Waals surface area contributed by atoms with Crippen molar-refractivity contribution in [2.24, 2.45) is 0 Å². The molecule has 0 amide bonds. The number of anilines is 1. The number of rotatable bonds is 3. The van der Waals surface area contributed by atoms with E-state index in [0.717, 1.165) is 18.8 Å². The summed E-state index contributed by atoms with van der Waals surface area (Å²) in [6, 6.07) is 7.56. The number of hydrogen-bond acceptors (Lipinski definition) is 3. The Hall–Kier alpha value is -1.22. The number of benzene rings is 1. The molecular weight excluding hydrogens is 190 g/mol. The van der Waals surface area contributed by atoms with Crippen molar-refractivity contribution in [1.29, 1.82) is 0 Å². The molecule has 0 saturated carbocycles. The van der Waals surface area contributed by atoms with Gasteiger partial charge in [0.25, 0.3) is 0 Å². The van der Waals surface area contributed by atoms with Crippen LogP contribution in [-0.2, 0) is 4.74 Å². The van der Waals surface area contributed by atoms with Crippen LogP contribution in [0.2, 0.25) is 0 Å². The second-order valence-corrected chi connectivity index (χ2v) is 3.84. The molecule has 3 heteroatoms. The first-order valence-electron chi connectivity index (χ1n) is 5.45. The molecule has 1 unspecified atom stereocenters. The van der Waals surface area contributed by atoms with Gasteiger partial charge in [-0.25, -0.2) is 0 Å². The lowest BCUT2D eigenvalue weighted by Crippen LogP contribution is -2.25. The average Bonchev–Trinajstić information content (AvgIpc) is 2.29. The second kappa shape index (κ2) is 5.03. The Kier molecular flexibility index (Phi) is 3.45. The zero-order valence-corrected chi connectivity index (χ0v) is 8.82. The monoisotopic (exact) mass is 207 g/mol. The molecular formula is C12H17NO2. The maximum absolute atomic E-state index is 5.77. The van der Waals surface area contributed by atoms with Crippen molar-refractivity contribution in [3.8, 4) is 5.75 Å². The van der Waals surface area contributed by atoms with Gasteiger partial charge in [0.1, 0.15) is 12.4 Å². The van der Waals surface area contributed by atoms with Crippen LogP contribution < -0.4 is 10.5 Å². The van der Waals surface area contributed by atoms with Crippen LogP contribution in [0.15, 0.2) is 24.3 Å². The highest BCUT2D eigenvalue weighted by molar-refractivity contribution is 5.51. The zero-order chi connectivity index (χ0) is 10.5. The van der Waals surface area contributed by atoms with E-state index in [1.165, 1.54) is 12.8 Å². The summed E-state index contributed by atoms with van der Waals surface area (Å²) in [7, 11) is 0. The molecule has 0 aromatic heterocycles. The topological polar surface area (TPSA) is 44.5 Å². The molecule has 1 aromatic carbocycles. The summed E-state index contributed by atoms with van der Waals surface area (Å²) in [5, 5.41) is 0. The molecule has 2 rings (SSSR count). The molecule has 3 nitrogen and oxygen atoms in total. The summed E-state index contributed by atoms with van der Waals surface area (Å²) in [5.74, 6) is 0.756. The first-order chi connectivity index (χ1) is 7.36. The van der Waals surface area contributed by atoms with Crippen LogP contribution in [0.5, 0.6) is 5.75 Å². The van der Waals surface area contributed by atoms with E-state index in [4.69, 9.17) is 15.2 Å². The van der Waals surface area contributed by atoms with E-state index in [1.54, 1.807) is 0 Å². The predicted octanol–water partition coefficient (Wildman–Crippen LogP) is 2.22. The molecule has 1 aliphatic heterocycles. The van der Waals surface area contributed by atoms with Crippen molar-refractivity contribution < 1.29 is 9.47 Å². The van der Waals surface area contributed by atoms with Crippen LogP contribution >= 0.6 is 0 Å². The van der Waals surface area contributed by atoms with Gasteiger partial charge in [-0.15, -0.1) is 0 Å². The van der Waals surface area contributed by atoms with Crippen LogP contribution in [0.1, 0.15) is 19.3 Å². The van der Waals surface area contributed by atoms with Crippen LogP contribution in [0.25, 0.3) is 0 Å². The van der Waals surface area contributed by atoms with E-state index in [1.807, 2.05) is 24.3 Å². The van der Waals surface area contributed by atoms with E-state index >= 15 is 0 Å². The molecule has 1 atom stereocenters. The van der Waals surface area contributed by atoms with Gasteiger partial charge in [0.15, 0.2) is 0 Å². The van der Waals surface area contributed by atoms with Gasteiger partial charge in [-0.05, 0) is 31.4 Å². The van der Waals surface area contributed by atoms with Crippen molar-refractivity contribution in [2.45, 2.75) is 25.4 Å². The Labute approximate surface area is 90.2 Å². The van der Waals surface area contributed by atoms with Gasteiger partial charge in [0.05, 0.1) is 11.8 Å². The number of hydrogen-bond donors (Lipinski definition) is 1. The molecule has 15 heavy (non-hydrogen) atoms. The lowest BCUT2D eigenvalue weighted by Gasteiger charge is -2.22. The maximum atomic E-state index is 5.77. The minimum atomic E-state index is 0.235. The molecule has 0 radical (unpaired) electrons. The Morgan fingerprint density at radius 2 is 2.20 bits per heavy atom. The lowest BCUT2D eigenvalue weighted by atomic mass is 10.1. The molecule has 0 spiro atoms. The summed E-state index contributed by atoms with van der Waals surface area (Å²) < 4.78 is 11.2. The van der Waals surface area contributed by atoms with Crippen LogP contribution in [0, 0.1) is 0 Å². The average molecular weight is 207 g/mol. The van der Waals surface area contributed by atoms with Crippen molar-refractivity contribution in [3.63, 3.8) is 0 Å². The molecule has 2 N–H and O–H groups in total. The van der Waals surface area contributed by atoms with E-state index in [0.29, 0.717) is 12.3 Å². The summed E-state index contributed by atoms with van der Waals surface area (Å²) in [5.41, 5.74) is 6.46. The molecule has 1 aliphatic rings. The maximum Gasteiger partial charge on any atom is 0.142 e. The van der Waals surface area contributed by atoms with Gasteiger partial charge >= 0.3 is 0 Å². The van der Waals surface area contributed by atoms with E-state index in [9.17, 15) is 0 Å². The summed E-state index contributed by atoms with van der Waals surface area (Å²) in [4.78, 5) is 0. The Morgan fingerprint density at radius 1 is 1.33 bits per heavy atom. The van der Waals surface area contributed by atoms with Crippen LogP contribution in [0.4, 0.5) is 5.69 Å². The third kappa shape index (κ3) is 2.86. The first kappa shape index (κ1) is 10.3. The molecule has 0 bridgehead atoms. The number of para-hydroxylation sites is 2. The summed E-state index contributed by atoms with van der Waals surface area (Å²) in [6.45, 7) is 1.46. The highest BCUT2D eigenvalue weighted by atomic mass is 16.5. The quantitative estimate of drug-likeness (QED) is 0.773. The SMILES string of the molecule is Nc1ccccc1OCC1CCCCO1. The first-order valence-corrected chi connectivity index (χ1v) is 5.45. The Balaban J connectivity index is 1.84. The second-order valence-electron chi connectivity index (χ2n) is 3.84. The van der Waals surface area contributed by atoms with Gasteiger partial charge in [-0.1, -0.05) is 12.1 Å². The molecule has 0 aliphatic carbocycles. The summed E-state index contributed by atoms with van der Waals surface area (Å²) in [6.07, 6.45) is 3.73. The van der Waals surface area contributed by atoms with Crippen molar-refractivity contribution >= 4 is 5.69 Å². The number of ether oxygens (including phenoxy) is 2. The third-order valence-corrected chi connectivity index (χ3v) is 2.62. The van der Waals surface area contributed by atoms with Crippen molar-refractivity contribution in [2.75, 3.05) is 18.9 Å².